The van der Waals surface area contributed by atoms with E-state index in [9.17, 15) is 8.42 Å². The number of rotatable bonds is 3. The van der Waals surface area contributed by atoms with Crippen molar-refractivity contribution in [3.63, 3.8) is 0 Å². The molecule has 0 radical (unpaired) electrons. The van der Waals surface area contributed by atoms with Gasteiger partial charge in [-0.3, -0.25) is 4.68 Å². The maximum Gasteiger partial charge on any atom is 0.243 e. The minimum atomic E-state index is -3.45. The Kier molecular flexibility index (Phi) is 3.23. The van der Waals surface area contributed by atoms with Crippen LogP contribution in [0.4, 0.5) is 0 Å². The predicted molar refractivity (Wildman–Crippen MR) is 69.5 cm³/mol. The van der Waals surface area contributed by atoms with Crippen molar-refractivity contribution >= 4 is 10.0 Å². The first-order valence-electron chi connectivity index (χ1n) is 5.43. The topological polar surface area (TPSA) is 55.2 Å². The van der Waals surface area contributed by atoms with Gasteiger partial charge in [0.25, 0.3) is 0 Å². The molecule has 0 aliphatic heterocycles. The number of hydrogen-bond donors (Lipinski definition) is 0. The van der Waals surface area contributed by atoms with Crippen molar-refractivity contribution in [2.45, 2.75) is 4.90 Å². The minimum absolute atomic E-state index is 0.294. The fourth-order valence-corrected chi connectivity index (χ4v) is 2.79. The summed E-state index contributed by atoms with van der Waals surface area (Å²) in [5, 5.41) is 4.07. The van der Waals surface area contributed by atoms with E-state index < -0.39 is 10.0 Å². The van der Waals surface area contributed by atoms with Gasteiger partial charge in [-0.15, -0.1) is 0 Å². The van der Waals surface area contributed by atoms with Crippen LogP contribution in [0.3, 0.4) is 0 Å². The molecule has 0 N–H and O–H groups in total. The minimum Gasteiger partial charge on any atom is -0.275 e. The van der Waals surface area contributed by atoms with Crippen molar-refractivity contribution in [3.8, 4) is 11.1 Å². The third-order valence-corrected chi connectivity index (χ3v) is 4.53. The average molecular weight is 265 g/mol. The summed E-state index contributed by atoms with van der Waals surface area (Å²) in [5.41, 5.74) is 1.46. The SMILES string of the molecule is CN(C)S(=O)(=O)c1ccccc1-c1cnn(C)c1. The van der Waals surface area contributed by atoms with Crippen LogP contribution in [0.1, 0.15) is 0 Å². The van der Waals surface area contributed by atoms with Gasteiger partial charge in [0.15, 0.2) is 0 Å². The Morgan fingerprint density at radius 3 is 2.44 bits per heavy atom. The van der Waals surface area contributed by atoms with E-state index in [1.54, 1.807) is 42.3 Å². The van der Waals surface area contributed by atoms with Crippen LogP contribution in [0.2, 0.25) is 0 Å². The molecular weight excluding hydrogens is 250 g/mol. The van der Waals surface area contributed by atoms with Gasteiger partial charge in [-0.05, 0) is 6.07 Å². The molecule has 6 heteroatoms. The Bertz CT molecular complexity index is 659. The number of hydrogen-bond acceptors (Lipinski definition) is 3. The third-order valence-electron chi connectivity index (χ3n) is 2.66. The van der Waals surface area contributed by atoms with Gasteiger partial charge >= 0.3 is 0 Å². The second-order valence-electron chi connectivity index (χ2n) is 4.19. The lowest BCUT2D eigenvalue weighted by Crippen LogP contribution is -2.22. The normalized spacial score (nSPS) is 12.0. The average Bonchev–Trinajstić information content (AvgIpc) is 2.75. The third kappa shape index (κ3) is 2.16. The molecule has 0 saturated carbocycles. The molecule has 0 aliphatic rings. The monoisotopic (exact) mass is 265 g/mol. The second-order valence-corrected chi connectivity index (χ2v) is 6.31. The zero-order valence-corrected chi connectivity index (χ0v) is 11.3. The summed E-state index contributed by atoms with van der Waals surface area (Å²) in [7, 11) is 1.39. The molecule has 2 rings (SSSR count). The second kappa shape index (κ2) is 4.55. The predicted octanol–water partition coefficient (Wildman–Crippen LogP) is 1.34. The summed E-state index contributed by atoms with van der Waals surface area (Å²) in [6.07, 6.45) is 3.45. The van der Waals surface area contributed by atoms with Gasteiger partial charge < -0.3 is 0 Å². The van der Waals surface area contributed by atoms with E-state index in [0.717, 1.165) is 5.56 Å². The molecule has 96 valence electrons. The smallest absolute Gasteiger partial charge is 0.243 e. The molecule has 0 bridgehead atoms. The molecule has 2 aromatic rings. The van der Waals surface area contributed by atoms with Crippen LogP contribution in [0.25, 0.3) is 11.1 Å². The van der Waals surface area contributed by atoms with Gasteiger partial charge in [0.1, 0.15) is 0 Å². The highest BCUT2D eigenvalue weighted by molar-refractivity contribution is 7.89. The zero-order chi connectivity index (χ0) is 13.3. The van der Waals surface area contributed by atoms with E-state index in [-0.39, 0.29) is 0 Å². The summed E-state index contributed by atoms with van der Waals surface area (Å²) < 4.78 is 27.3. The van der Waals surface area contributed by atoms with Gasteiger partial charge in [-0.2, -0.15) is 5.10 Å². The number of aromatic nitrogens is 2. The first-order chi connectivity index (χ1) is 8.43. The molecule has 0 atom stereocenters. The first kappa shape index (κ1) is 12.8. The molecule has 0 unspecified atom stereocenters. The standard InChI is InChI=1S/C12H15N3O2S/c1-14(2)18(16,17)12-7-5-4-6-11(12)10-8-13-15(3)9-10/h4-9H,1-3H3. The summed E-state index contributed by atoms with van der Waals surface area (Å²) in [5.74, 6) is 0. The molecule has 18 heavy (non-hydrogen) atoms. The fourth-order valence-electron chi connectivity index (χ4n) is 1.69. The van der Waals surface area contributed by atoms with Gasteiger partial charge in [0, 0.05) is 38.5 Å². The quantitative estimate of drug-likeness (QED) is 0.841. The van der Waals surface area contributed by atoms with Crippen molar-refractivity contribution in [1.82, 2.24) is 14.1 Å². The first-order valence-corrected chi connectivity index (χ1v) is 6.87. The highest BCUT2D eigenvalue weighted by Gasteiger charge is 2.21. The Hall–Kier alpha value is -1.66. The van der Waals surface area contributed by atoms with Crippen molar-refractivity contribution in [3.05, 3.63) is 36.7 Å². The summed E-state index contributed by atoms with van der Waals surface area (Å²) in [4.78, 5) is 0.294. The highest BCUT2D eigenvalue weighted by Crippen LogP contribution is 2.27. The number of aryl methyl sites for hydroxylation is 1. The summed E-state index contributed by atoms with van der Waals surface area (Å²) >= 11 is 0. The van der Waals surface area contributed by atoms with Crippen LogP contribution < -0.4 is 0 Å². The molecule has 0 saturated heterocycles. The van der Waals surface area contributed by atoms with Crippen LogP contribution in [-0.4, -0.2) is 36.6 Å². The van der Waals surface area contributed by atoms with Gasteiger partial charge in [-0.25, -0.2) is 12.7 Å². The zero-order valence-electron chi connectivity index (χ0n) is 10.5. The van der Waals surface area contributed by atoms with Crippen molar-refractivity contribution in [2.75, 3.05) is 14.1 Å². The molecule has 1 aromatic heterocycles. The maximum absolute atomic E-state index is 12.2. The van der Waals surface area contributed by atoms with Crippen LogP contribution in [0, 0.1) is 0 Å². The largest absolute Gasteiger partial charge is 0.275 e. The van der Waals surface area contributed by atoms with E-state index in [0.29, 0.717) is 10.5 Å². The van der Waals surface area contributed by atoms with E-state index in [4.69, 9.17) is 0 Å². The van der Waals surface area contributed by atoms with E-state index in [1.807, 2.05) is 6.07 Å². The molecule has 0 fully saturated rings. The molecule has 0 aliphatic carbocycles. The highest BCUT2D eigenvalue weighted by atomic mass is 32.2. The Morgan fingerprint density at radius 1 is 1.22 bits per heavy atom. The maximum atomic E-state index is 12.2. The van der Waals surface area contributed by atoms with Crippen LogP contribution in [0.5, 0.6) is 0 Å². The van der Waals surface area contributed by atoms with Gasteiger partial charge in [-0.1, -0.05) is 18.2 Å². The lowest BCUT2D eigenvalue weighted by atomic mass is 10.1. The number of sulfonamides is 1. The Balaban J connectivity index is 2.64. The molecular formula is C12H15N3O2S. The van der Waals surface area contributed by atoms with E-state index >= 15 is 0 Å². The van der Waals surface area contributed by atoms with E-state index in [2.05, 4.69) is 5.10 Å². The lowest BCUT2D eigenvalue weighted by molar-refractivity contribution is 0.521. The van der Waals surface area contributed by atoms with Gasteiger partial charge in [0.05, 0.1) is 11.1 Å². The Morgan fingerprint density at radius 2 is 1.89 bits per heavy atom. The molecule has 5 nitrogen and oxygen atoms in total. The summed E-state index contributed by atoms with van der Waals surface area (Å²) in [6.45, 7) is 0. The molecule has 1 heterocycles. The van der Waals surface area contributed by atoms with Crippen molar-refractivity contribution in [2.24, 2.45) is 7.05 Å². The number of nitrogens with zero attached hydrogens (tertiary/aromatic N) is 3. The van der Waals surface area contributed by atoms with Crippen molar-refractivity contribution in [1.29, 1.82) is 0 Å². The fraction of sp³-hybridized carbons (Fsp3) is 0.250. The van der Waals surface area contributed by atoms with Crippen LogP contribution in [0.15, 0.2) is 41.6 Å². The summed E-state index contributed by atoms with van der Waals surface area (Å²) in [6, 6.07) is 6.93. The molecule has 1 aromatic carbocycles. The van der Waals surface area contributed by atoms with Crippen molar-refractivity contribution < 1.29 is 8.42 Å². The lowest BCUT2D eigenvalue weighted by Gasteiger charge is -2.14. The van der Waals surface area contributed by atoms with Gasteiger partial charge in [0.2, 0.25) is 10.0 Å². The van der Waals surface area contributed by atoms with E-state index in [1.165, 1.54) is 18.4 Å². The molecule has 0 spiro atoms. The van der Waals surface area contributed by atoms with Crippen LogP contribution >= 0.6 is 0 Å². The number of benzene rings is 1. The van der Waals surface area contributed by atoms with Crippen LogP contribution in [-0.2, 0) is 17.1 Å². The molecule has 0 amide bonds. The Labute approximate surface area is 107 Å².